The van der Waals surface area contributed by atoms with Crippen molar-refractivity contribution in [3.63, 3.8) is 0 Å². The lowest BCUT2D eigenvalue weighted by Gasteiger charge is -2.01. The quantitative estimate of drug-likeness (QED) is 0.774. The molecule has 2 aromatic rings. The predicted octanol–water partition coefficient (Wildman–Crippen LogP) is 1.91. The molecule has 4 nitrogen and oxygen atoms in total. The van der Waals surface area contributed by atoms with Crippen LogP contribution in [0, 0.1) is 0 Å². The molecule has 0 saturated heterocycles. The number of aldehydes is 1. The van der Waals surface area contributed by atoms with Crippen LogP contribution < -0.4 is 0 Å². The first-order chi connectivity index (χ1) is 7.36. The van der Waals surface area contributed by atoms with Gasteiger partial charge in [0.05, 0.1) is 12.1 Å². The van der Waals surface area contributed by atoms with Crippen molar-refractivity contribution in [1.82, 2.24) is 10.2 Å². The van der Waals surface area contributed by atoms with E-state index in [1.54, 1.807) is 0 Å². The van der Waals surface area contributed by atoms with Crippen molar-refractivity contribution >= 4 is 17.2 Å². The number of carbonyl (C=O) groups excluding carboxylic acids is 1. The lowest BCUT2D eigenvalue weighted by atomic mass is 10.1. The molecular weight excluding hydrogens is 192 g/mol. The van der Waals surface area contributed by atoms with Gasteiger partial charge in [-0.2, -0.15) is 5.10 Å². The molecule has 0 aliphatic carbocycles. The van der Waals surface area contributed by atoms with E-state index in [4.69, 9.17) is 4.74 Å². The van der Waals surface area contributed by atoms with Crippen molar-refractivity contribution in [2.75, 3.05) is 6.61 Å². The number of nitrogens with one attached hydrogen (secondary N) is 1. The van der Waals surface area contributed by atoms with E-state index in [1.807, 2.05) is 25.1 Å². The summed E-state index contributed by atoms with van der Waals surface area (Å²) >= 11 is 0. The molecule has 0 amide bonds. The minimum Gasteiger partial charge on any atom is -0.377 e. The molecule has 0 unspecified atom stereocenters. The molecule has 78 valence electrons. The zero-order valence-electron chi connectivity index (χ0n) is 8.49. The summed E-state index contributed by atoms with van der Waals surface area (Å²) in [6, 6.07) is 5.73. The molecule has 0 bridgehead atoms. The molecule has 0 fully saturated rings. The number of nitrogens with zero attached hydrogens (tertiary/aromatic N) is 1. The highest BCUT2D eigenvalue weighted by atomic mass is 16.5. The minimum absolute atomic E-state index is 0.517. The van der Waals surface area contributed by atoms with Crippen LogP contribution in [0.15, 0.2) is 18.2 Å². The second kappa shape index (κ2) is 4.23. The number of carbonyl (C=O) groups is 1. The fourth-order valence-electron chi connectivity index (χ4n) is 1.54. The highest BCUT2D eigenvalue weighted by Gasteiger charge is 2.07. The predicted molar refractivity (Wildman–Crippen MR) is 56.8 cm³/mol. The van der Waals surface area contributed by atoms with Gasteiger partial charge in [0.25, 0.3) is 0 Å². The average Bonchev–Trinajstić information content (AvgIpc) is 2.69. The number of benzene rings is 1. The summed E-state index contributed by atoms with van der Waals surface area (Å²) in [5.41, 5.74) is 2.33. The van der Waals surface area contributed by atoms with Crippen molar-refractivity contribution in [2.45, 2.75) is 13.5 Å². The Bertz CT molecular complexity index is 476. The first-order valence-corrected chi connectivity index (χ1v) is 4.85. The summed E-state index contributed by atoms with van der Waals surface area (Å²) in [6.07, 6.45) is 0.778. The van der Waals surface area contributed by atoms with Crippen LogP contribution in [0.1, 0.15) is 23.0 Å². The van der Waals surface area contributed by atoms with Crippen LogP contribution >= 0.6 is 0 Å². The van der Waals surface area contributed by atoms with Crippen molar-refractivity contribution in [3.05, 3.63) is 29.5 Å². The van der Waals surface area contributed by atoms with Gasteiger partial charge < -0.3 is 4.74 Å². The number of aromatic nitrogens is 2. The zero-order chi connectivity index (χ0) is 10.7. The lowest BCUT2D eigenvalue weighted by molar-refractivity contribution is 0.112. The molecular formula is C11H12N2O2. The standard InChI is InChI=1S/C11H12N2O2/c1-2-15-7-8-4-3-5-9-10(6-14)12-13-11(8)9/h3-6H,2,7H2,1H3,(H,12,13). The van der Waals surface area contributed by atoms with Gasteiger partial charge in [-0.25, -0.2) is 0 Å². The van der Waals surface area contributed by atoms with E-state index >= 15 is 0 Å². The summed E-state index contributed by atoms with van der Waals surface area (Å²) < 4.78 is 5.33. The van der Waals surface area contributed by atoms with Gasteiger partial charge in [-0.3, -0.25) is 9.89 Å². The topological polar surface area (TPSA) is 55.0 Å². The monoisotopic (exact) mass is 204 g/mol. The summed E-state index contributed by atoms with van der Waals surface area (Å²) in [4.78, 5) is 10.7. The lowest BCUT2D eigenvalue weighted by Crippen LogP contribution is -1.92. The van der Waals surface area contributed by atoms with E-state index in [-0.39, 0.29) is 0 Å². The Morgan fingerprint density at radius 3 is 3.13 bits per heavy atom. The van der Waals surface area contributed by atoms with E-state index in [0.29, 0.717) is 18.9 Å². The van der Waals surface area contributed by atoms with Crippen molar-refractivity contribution in [3.8, 4) is 0 Å². The third kappa shape index (κ3) is 1.76. The normalized spacial score (nSPS) is 10.7. The van der Waals surface area contributed by atoms with Gasteiger partial charge in [0.1, 0.15) is 5.69 Å². The third-order valence-corrected chi connectivity index (χ3v) is 2.28. The zero-order valence-corrected chi connectivity index (χ0v) is 8.49. The van der Waals surface area contributed by atoms with Gasteiger partial charge in [0, 0.05) is 17.6 Å². The number of fused-ring (bicyclic) bond motifs is 1. The Kier molecular flexibility index (Phi) is 2.78. The maximum Gasteiger partial charge on any atom is 0.168 e. The highest BCUT2D eigenvalue weighted by Crippen LogP contribution is 2.19. The fourth-order valence-corrected chi connectivity index (χ4v) is 1.54. The highest BCUT2D eigenvalue weighted by molar-refractivity contribution is 5.96. The van der Waals surface area contributed by atoms with Crippen LogP contribution in [0.2, 0.25) is 0 Å². The largest absolute Gasteiger partial charge is 0.377 e. The Labute approximate surface area is 87.2 Å². The molecule has 0 saturated carbocycles. The van der Waals surface area contributed by atoms with E-state index in [2.05, 4.69) is 10.2 Å². The molecule has 4 heteroatoms. The molecule has 0 aliphatic rings. The Hall–Kier alpha value is -1.68. The summed E-state index contributed by atoms with van der Waals surface area (Å²) in [6.45, 7) is 3.14. The van der Waals surface area contributed by atoms with Gasteiger partial charge in [0.2, 0.25) is 0 Å². The first-order valence-electron chi connectivity index (χ1n) is 4.85. The van der Waals surface area contributed by atoms with Crippen molar-refractivity contribution in [2.24, 2.45) is 0 Å². The minimum atomic E-state index is 0.517. The average molecular weight is 204 g/mol. The maximum atomic E-state index is 10.7. The number of aromatic amines is 1. The summed E-state index contributed by atoms with van der Waals surface area (Å²) in [5, 5.41) is 7.66. The van der Waals surface area contributed by atoms with Crippen LogP contribution in [0.4, 0.5) is 0 Å². The van der Waals surface area contributed by atoms with Gasteiger partial charge in [-0.1, -0.05) is 18.2 Å². The maximum absolute atomic E-state index is 10.7. The Balaban J connectivity index is 2.47. The van der Waals surface area contributed by atoms with Crippen LogP contribution in [0.25, 0.3) is 10.9 Å². The Morgan fingerprint density at radius 1 is 1.53 bits per heavy atom. The fraction of sp³-hybridized carbons (Fsp3) is 0.273. The molecule has 0 atom stereocenters. The third-order valence-electron chi connectivity index (χ3n) is 2.28. The van der Waals surface area contributed by atoms with Crippen molar-refractivity contribution in [1.29, 1.82) is 0 Å². The molecule has 0 spiro atoms. The second-order valence-corrected chi connectivity index (χ2v) is 3.21. The van der Waals surface area contributed by atoms with Gasteiger partial charge in [0.15, 0.2) is 6.29 Å². The van der Waals surface area contributed by atoms with Crippen molar-refractivity contribution < 1.29 is 9.53 Å². The van der Waals surface area contributed by atoms with Gasteiger partial charge in [-0.05, 0) is 6.92 Å². The van der Waals surface area contributed by atoms with E-state index in [1.165, 1.54) is 0 Å². The number of H-pyrrole nitrogens is 1. The number of rotatable bonds is 4. The second-order valence-electron chi connectivity index (χ2n) is 3.21. The van der Waals surface area contributed by atoms with Crippen LogP contribution in [0.5, 0.6) is 0 Å². The summed E-state index contributed by atoms with van der Waals surface area (Å²) in [5.74, 6) is 0. The van der Waals surface area contributed by atoms with E-state index in [9.17, 15) is 4.79 Å². The first kappa shape index (κ1) is 9.86. The number of ether oxygens (including phenoxy) is 1. The van der Waals surface area contributed by atoms with Crippen LogP contribution in [0.3, 0.4) is 0 Å². The molecule has 1 N–H and O–H groups in total. The number of para-hydroxylation sites is 1. The molecule has 15 heavy (non-hydrogen) atoms. The van der Waals surface area contributed by atoms with Crippen LogP contribution in [-0.4, -0.2) is 23.1 Å². The summed E-state index contributed by atoms with van der Waals surface area (Å²) in [7, 11) is 0. The number of hydrogen-bond acceptors (Lipinski definition) is 3. The molecule has 1 heterocycles. The SMILES string of the molecule is CCOCc1cccc2c(C=O)[nH]nc12. The van der Waals surface area contributed by atoms with Crippen LogP contribution in [-0.2, 0) is 11.3 Å². The molecule has 1 aromatic heterocycles. The smallest absolute Gasteiger partial charge is 0.168 e. The van der Waals surface area contributed by atoms with E-state index in [0.717, 1.165) is 22.8 Å². The number of hydrogen-bond donors (Lipinski definition) is 1. The molecule has 0 radical (unpaired) electrons. The van der Waals surface area contributed by atoms with E-state index < -0.39 is 0 Å². The Morgan fingerprint density at radius 2 is 2.40 bits per heavy atom. The molecule has 1 aromatic carbocycles. The van der Waals surface area contributed by atoms with Gasteiger partial charge in [-0.15, -0.1) is 0 Å². The molecule has 0 aliphatic heterocycles. The van der Waals surface area contributed by atoms with Gasteiger partial charge >= 0.3 is 0 Å². The molecule has 2 rings (SSSR count).